The maximum absolute atomic E-state index is 12.3. The SMILES string of the molecule is CCn1cc(NC(=O)CSc2nnc(C)n2-c2ccc(OC)cc2)ccc1=O. The number of hydrogen-bond donors (Lipinski definition) is 1. The summed E-state index contributed by atoms with van der Waals surface area (Å²) in [5.41, 5.74) is 1.37. The van der Waals surface area contributed by atoms with Crippen LogP contribution in [0.4, 0.5) is 5.69 Å². The summed E-state index contributed by atoms with van der Waals surface area (Å²) in [4.78, 5) is 23.9. The van der Waals surface area contributed by atoms with Gasteiger partial charge in [0.05, 0.1) is 18.6 Å². The number of aryl methyl sites for hydroxylation is 2. The fourth-order valence-corrected chi connectivity index (χ4v) is 3.44. The van der Waals surface area contributed by atoms with E-state index in [9.17, 15) is 9.59 Å². The van der Waals surface area contributed by atoms with Gasteiger partial charge in [-0.1, -0.05) is 11.8 Å². The predicted octanol–water partition coefficient (Wildman–Crippen LogP) is 2.50. The predicted molar refractivity (Wildman–Crippen MR) is 108 cm³/mol. The van der Waals surface area contributed by atoms with Crippen molar-refractivity contribution in [3.63, 3.8) is 0 Å². The number of rotatable bonds is 7. The van der Waals surface area contributed by atoms with Crippen LogP contribution in [0.15, 0.2) is 52.5 Å². The molecular weight excluding hydrogens is 378 g/mol. The van der Waals surface area contributed by atoms with Crippen LogP contribution in [0.2, 0.25) is 0 Å². The van der Waals surface area contributed by atoms with Crippen molar-refractivity contribution >= 4 is 23.4 Å². The second-order valence-corrected chi connectivity index (χ2v) is 6.88. The number of carbonyl (C=O) groups is 1. The first kappa shape index (κ1) is 19.7. The van der Waals surface area contributed by atoms with Crippen LogP contribution in [0.25, 0.3) is 5.69 Å². The summed E-state index contributed by atoms with van der Waals surface area (Å²) in [5, 5.41) is 11.7. The molecular formula is C19H21N5O3S. The van der Waals surface area contributed by atoms with Gasteiger partial charge in [-0.3, -0.25) is 14.2 Å². The van der Waals surface area contributed by atoms with Crippen LogP contribution in [0.5, 0.6) is 5.75 Å². The van der Waals surface area contributed by atoms with E-state index in [4.69, 9.17) is 4.74 Å². The number of aromatic nitrogens is 4. The van der Waals surface area contributed by atoms with E-state index in [2.05, 4.69) is 15.5 Å². The molecule has 8 nitrogen and oxygen atoms in total. The standard InChI is InChI=1S/C19H21N5O3S/c1-4-23-11-14(5-10-18(23)26)20-17(25)12-28-19-22-21-13(2)24(19)15-6-8-16(27-3)9-7-15/h5-11H,4,12H2,1-3H3,(H,20,25). The number of pyridine rings is 1. The third-order valence-electron chi connectivity index (χ3n) is 4.07. The molecule has 0 saturated heterocycles. The van der Waals surface area contributed by atoms with Gasteiger partial charge in [-0.2, -0.15) is 0 Å². The van der Waals surface area contributed by atoms with Crippen LogP contribution in [0.1, 0.15) is 12.7 Å². The fraction of sp³-hybridized carbons (Fsp3) is 0.263. The van der Waals surface area contributed by atoms with Gasteiger partial charge in [0.1, 0.15) is 11.6 Å². The van der Waals surface area contributed by atoms with Gasteiger partial charge < -0.3 is 14.6 Å². The lowest BCUT2D eigenvalue weighted by Crippen LogP contribution is -2.20. The number of methoxy groups -OCH3 is 1. The Labute approximate surface area is 166 Å². The summed E-state index contributed by atoms with van der Waals surface area (Å²) >= 11 is 1.29. The molecule has 2 heterocycles. The number of anilines is 1. The quantitative estimate of drug-likeness (QED) is 0.614. The van der Waals surface area contributed by atoms with Crippen LogP contribution >= 0.6 is 11.8 Å². The average molecular weight is 399 g/mol. The second-order valence-electron chi connectivity index (χ2n) is 5.94. The van der Waals surface area contributed by atoms with Crippen LogP contribution in [-0.2, 0) is 11.3 Å². The average Bonchev–Trinajstić information content (AvgIpc) is 3.08. The Morgan fingerprint density at radius 2 is 1.93 bits per heavy atom. The number of carbonyl (C=O) groups excluding carboxylic acids is 1. The molecule has 0 aliphatic rings. The molecule has 1 N–H and O–H groups in total. The van der Waals surface area contributed by atoms with Crippen LogP contribution in [0.3, 0.4) is 0 Å². The highest BCUT2D eigenvalue weighted by Gasteiger charge is 2.14. The first-order chi connectivity index (χ1) is 13.5. The minimum Gasteiger partial charge on any atom is -0.497 e. The lowest BCUT2D eigenvalue weighted by Gasteiger charge is -2.10. The molecule has 146 valence electrons. The summed E-state index contributed by atoms with van der Waals surface area (Å²) in [5.74, 6) is 1.47. The Balaban J connectivity index is 1.69. The van der Waals surface area contributed by atoms with Gasteiger partial charge >= 0.3 is 0 Å². The molecule has 0 atom stereocenters. The van der Waals surface area contributed by atoms with Gasteiger partial charge in [0.15, 0.2) is 5.16 Å². The van der Waals surface area contributed by atoms with Gasteiger partial charge in [-0.15, -0.1) is 10.2 Å². The lowest BCUT2D eigenvalue weighted by atomic mass is 10.3. The summed E-state index contributed by atoms with van der Waals surface area (Å²) in [6.07, 6.45) is 1.63. The Morgan fingerprint density at radius 3 is 2.61 bits per heavy atom. The minimum atomic E-state index is -0.187. The summed E-state index contributed by atoms with van der Waals surface area (Å²) in [7, 11) is 1.62. The van der Waals surface area contributed by atoms with E-state index in [1.807, 2.05) is 42.7 Å². The molecule has 2 aromatic heterocycles. The number of nitrogens with one attached hydrogen (secondary N) is 1. The van der Waals surface area contributed by atoms with Crippen LogP contribution in [-0.4, -0.2) is 38.1 Å². The van der Waals surface area contributed by atoms with Gasteiger partial charge in [-0.05, 0) is 44.2 Å². The van der Waals surface area contributed by atoms with E-state index in [0.717, 1.165) is 17.3 Å². The zero-order valence-corrected chi connectivity index (χ0v) is 16.7. The van der Waals surface area contributed by atoms with Crippen molar-refractivity contribution in [2.75, 3.05) is 18.2 Å². The molecule has 0 unspecified atom stereocenters. The molecule has 3 aromatic rings. The molecule has 28 heavy (non-hydrogen) atoms. The molecule has 0 fully saturated rings. The Hall–Kier alpha value is -3.07. The van der Waals surface area contributed by atoms with E-state index in [0.29, 0.717) is 17.4 Å². The van der Waals surface area contributed by atoms with Gasteiger partial charge in [-0.25, -0.2) is 0 Å². The second kappa shape index (κ2) is 8.75. The molecule has 1 aromatic carbocycles. The highest BCUT2D eigenvalue weighted by atomic mass is 32.2. The number of ether oxygens (including phenoxy) is 1. The van der Waals surface area contributed by atoms with E-state index >= 15 is 0 Å². The maximum atomic E-state index is 12.3. The number of hydrogen-bond acceptors (Lipinski definition) is 6. The number of nitrogens with zero attached hydrogens (tertiary/aromatic N) is 4. The molecule has 0 spiro atoms. The highest BCUT2D eigenvalue weighted by Crippen LogP contribution is 2.23. The van der Waals surface area contributed by atoms with Crippen molar-refractivity contribution in [1.29, 1.82) is 0 Å². The van der Waals surface area contributed by atoms with E-state index in [1.54, 1.807) is 19.4 Å². The minimum absolute atomic E-state index is 0.0991. The van der Waals surface area contributed by atoms with Crippen molar-refractivity contribution in [2.45, 2.75) is 25.5 Å². The number of thioether (sulfide) groups is 1. The van der Waals surface area contributed by atoms with E-state index in [-0.39, 0.29) is 17.2 Å². The third-order valence-corrected chi connectivity index (χ3v) is 5.00. The smallest absolute Gasteiger partial charge is 0.250 e. The molecule has 1 amide bonds. The van der Waals surface area contributed by atoms with Crippen LogP contribution in [0, 0.1) is 6.92 Å². The van der Waals surface area contributed by atoms with Crippen molar-refractivity contribution in [3.8, 4) is 11.4 Å². The molecule has 0 aliphatic heterocycles. The molecule has 0 bridgehead atoms. The summed E-state index contributed by atoms with van der Waals surface area (Å²) < 4.78 is 8.60. The van der Waals surface area contributed by atoms with Crippen molar-refractivity contribution < 1.29 is 9.53 Å². The first-order valence-corrected chi connectivity index (χ1v) is 9.70. The lowest BCUT2D eigenvalue weighted by molar-refractivity contribution is -0.113. The highest BCUT2D eigenvalue weighted by molar-refractivity contribution is 7.99. The molecule has 0 radical (unpaired) electrons. The Morgan fingerprint density at radius 1 is 1.18 bits per heavy atom. The van der Waals surface area contributed by atoms with Gasteiger partial charge in [0.25, 0.3) is 5.56 Å². The van der Waals surface area contributed by atoms with Gasteiger partial charge in [0, 0.05) is 24.5 Å². The summed E-state index contributed by atoms with van der Waals surface area (Å²) in [6, 6.07) is 10.6. The Bertz CT molecular complexity index is 1030. The number of amides is 1. The van der Waals surface area contributed by atoms with Gasteiger partial charge in [0.2, 0.25) is 5.91 Å². The first-order valence-electron chi connectivity index (χ1n) is 8.71. The molecule has 3 rings (SSSR count). The van der Waals surface area contributed by atoms with E-state index < -0.39 is 0 Å². The normalized spacial score (nSPS) is 10.7. The van der Waals surface area contributed by atoms with Crippen molar-refractivity contribution in [3.05, 3.63) is 58.8 Å². The van der Waals surface area contributed by atoms with Crippen LogP contribution < -0.4 is 15.6 Å². The van der Waals surface area contributed by atoms with Crippen molar-refractivity contribution in [2.24, 2.45) is 0 Å². The fourth-order valence-electron chi connectivity index (χ4n) is 2.64. The Kier molecular flexibility index (Phi) is 6.15. The maximum Gasteiger partial charge on any atom is 0.250 e. The van der Waals surface area contributed by atoms with Crippen molar-refractivity contribution in [1.82, 2.24) is 19.3 Å². The van der Waals surface area contributed by atoms with E-state index in [1.165, 1.54) is 22.4 Å². The molecule has 0 saturated carbocycles. The number of benzene rings is 1. The largest absolute Gasteiger partial charge is 0.497 e. The topological polar surface area (TPSA) is 91.0 Å². The third kappa shape index (κ3) is 4.42. The monoisotopic (exact) mass is 399 g/mol. The molecule has 9 heteroatoms. The zero-order valence-electron chi connectivity index (χ0n) is 15.9. The zero-order chi connectivity index (χ0) is 20.1. The summed E-state index contributed by atoms with van der Waals surface area (Å²) in [6.45, 7) is 4.27. The molecule has 0 aliphatic carbocycles.